The first-order valence-electron chi connectivity index (χ1n) is 3.77. The molecule has 1 amide bonds. The molecule has 0 aliphatic rings. The first-order valence-corrected chi connectivity index (χ1v) is 3.77. The zero-order valence-corrected chi connectivity index (χ0v) is 7.08. The van der Waals surface area contributed by atoms with Gasteiger partial charge in [0.2, 0.25) is 0 Å². The molecule has 0 aromatic heterocycles. The van der Waals surface area contributed by atoms with Gasteiger partial charge in [0.15, 0.2) is 0 Å². The molecule has 0 bridgehead atoms. The molecular weight excluding hydrogens is 142 g/mol. The van der Waals surface area contributed by atoms with Gasteiger partial charge in [0.25, 0.3) is 0 Å². The van der Waals surface area contributed by atoms with E-state index < -0.39 is 6.09 Å². The third-order valence-corrected chi connectivity index (χ3v) is 1.36. The lowest BCUT2D eigenvalue weighted by Gasteiger charge is -2.09. The maximum atomic E-state index is 10.3. The van der Waals surface area contributed by atoms with Gasteiger partial charge in [-0.25, -0.2) is 4.79 Å². The molecular formula is C8H15NO2. The lowest BCUT2D eigenvalue weighted by atomic mass is 10.3. The van der Waals surface area contributed by atoms with Gasteiger partial charge in [0.05, 0.1) is 0 Å². The van der Waals surface area contributed by atoms with Gasteiger partial charge in [-0.15, -0.1) is 0 Å². The molecule has 3 heteroatoms. The maximum absolute atomic E-state index is 10.3. The van der Waals surface area contributed by atoms with Crippen LogP contribution in [0.3, 0.4) is 0 Å². The average Bonchev–Trinajstić information content (AvgIpc) is 1.97. The molecule has 0 spiro atoms. The van der Waals surface area contributed by atoms with Crippen LogP contribution in [0.15, 0.2) is 12.2 Å². The summed E-state index contributed by atoms with van der Waals surface area (Å²) in [4.78, 5) is 11.5. The monoisotopic (exact) mass is 157 g/mol. The van der Waals surface area contributed by atoms with E-state index in [0.29, 0.717) is 6.54 Å². The second-order valence-corrected chi connectivity index (χ2v) is 2.37. The zero-order valence-electron chi connectivity index (χ0n) is 7.08. The van der Waals surface area contributed by atoms with E-state index >= 15 is 0 Å². The van der Waals surface area contributed by atoms with Crippen LogP contribution in [-0.4, -0.2) is 29.7 Å². The summed E-state index contributed by atoms with van der Waals surface area (Å²) in [7, 11) is 1.57. The molecule has 0 aliphatic heterocycles. The van der Waals surface area contributed by atoms with Crippen molar-refractivity contribution < 1.29 is 9.90 Å². The van der Waals surface area contributed by atoms with Gasteiger partial charge < -0.3 is 10.0 Å². The van der Waals surface area contributed by atoms with Crippen molar-refractivity contribution >= 4 is 6.09 Å². The lowest BCUT2D eigenvalue weighted by Crippen LogP contribution is -2.25. The van der Waals surface area contributed by atoms with Crippen molar-refractivity contribution in [2.24, 2.45) is 0 Å². The third kappa shape index (κ3) is 5.45. The van der Waals surface area contributed by atoms with E-state index in [-0.39, 0.29) is 0 Å². The van der Waals surface area contributed by atoms with E-state index in [1.165, 1.54) is 4.90 Å². The number of carboxylic acid groups (broad SMARTS) is 1. The highest BCUT2D eigenvalue weighted by molar-refractivity contribution is 5.64. The van der Waals surface area contributed by atoms with E-state index in [2.05, 4.69) is 6.92 Å². The van der Waals surface area contributed by atoms with E-state index in [9.17, 15) is 4.79 Å². The van der Waals surface area contributed by atoms with Gasteiger partial charge in [-0.05, 0) is 12.8 Å². The fourth-order valence-electron chi connectivity index (χ4n) is 0.648. The van der Waals surface area contributed by atoms with Gasteiger partial charge in [0, 0.05) is 13.6 Å². The number of hydrogen-bond acceptors (Lipinski definition) is 1. The molecule has 0 aromatic carbocycles. The SMILES string of the molecule is CCC=CCCN(C)C(=O)O. The minimum absolute atomic E-state index is 0.575. The summed E-state index contributed by atoms with van der Waals surface area (Å²) in [6.07, 6.45) is 4.98. The largest absolute Gasteiger partial charge is 0.465 e. The van der Waals surface area contributed by atoms with Crippen molar-refractivity contribution in [2.75, 3.05) is 13.6 Å². The maximum Gasteiger partial charge on any atom is 0.407 e. The lowest BCUT2D eigenvalue weighted by molar-refractivity contribution is 0.157. The van der Waals surface area contributed by atoms with Gasteiger partial charge in [-0.1, -0.05) is 19.1 Å². The Morgan fingerprint density at radius 1 is 1.55 bits per heavy atom. The molecule has 0 fully saturated rings. The van der Waals surface area contributed by atoms with Crippen molar-refractivity contribution in [3.8, 4) is 0 Å². The van der Waals surface area contributed by atoms with Gasteiger partial charge in [-0.3, -0.25) is 0 Å². The molecule has 0 atom stereocenters. The summed E-state index contributed by atoms with van der Waals surface area (Å²) < 4.78 is 0. The molecule has 0 unspecified atom stereocenters. The molecule has 1 N–H and O–H groups in total. The van der Waals surface area contributed by atoms with Crippen LogP contribution in [0.5, 0.6) is 0 Å². The molecule has 3 nitrogen and oxygen atoms in total. The zero-order chi connectivity index (χ0) is 8.69. The van der Waals surface area contributed by atoms with Crippen LogP contribution in [0.2, 0.25) is 0 Å². The molecule has 0 radical (unpaired) electrons. The summed E-state index contributed by atoms with van der Waals surface area (Å²) >= 11 is 0. The molecule has 11 heavy (non-hydrogen) atoms. The molecule has 0 heterocycles. The van der Waals surface area contributed by atoms with Crippen LogP contribution >= 0.6 is 0 Å². The number of amides is 1. The second-order valence-electron chi connectivity index (χ2n) is 2.37. The van der Waals surface area contributed by atoms with Crippen molar-refractivity contribution in [2.45, 2.75) is 19.8 Å². The Morgan fingerprint density at radius 3 is 2.64 bits per heavy atom. The van der Waals surface area contributed by atoms with Crippen molar-refractivity contribution in [1.29, 1.82) is 0 Å². The van der Waals surface area contributed by atoms with Crippen LogP contribution < -0.4 is 0 Å². The third-order valence-electron chi connectivity index (χ3n) is 1.36. The fraction of sp³-hybridized carbons (Fsp3) is 0.625. The normalized spacial score (nSPS) is 10.4. The quantitative estimate of drug-likeness (QED) is 0.633. The fourth-order valence-corrected chi connectivity index (χ4v) is 0.648. The summed E-state index contributed by atoms with van der Waals surface area (Å²) in [6.45, 7) is 2.63. The predicted octanol–water partition coefficient (Wildman–Crippen LogP) is 1.95. The minimum Gasteiger partial charge on any atom is -0.465 e. The Labute approximate surface area is 67.3 Å². The Hall–Kier alpha value is -0.990. The Kier molecular flexibility index (Phi) is 5.25. The van der Waals surface area contributed by atoms with Crippen LogP contribution in [-0.2, 0) is 0 Å². The van der Waals surface area contributed by atoms with Crippen LogP contribution in [0.1, 0.15) is 19.8 Å². The smallest absolute Gasteiger partial charge is 0.407 e. The molecule has 0 saturated carbocycles. The van der Waals surface area contributed by atoms with E-state index in [4.69, 9.17) is 5.11 Å². The molecule has 0 rings (SSSR count). The van der Waals surface area contributed by atoms with Gasteiger partial charge in [0.1, 0.15) is 0 Å². The number of hydrogen-bond donors (Lipinski definition) is 1. The van der Waals surface area contributed by atoms with Crippen LogP contribution in [0, 0.1) is 0 Å². The van der Waals surface area contributed by atoms with E-state index in [1.807, 2.05) is 12.2 Å². The Bertz CT molecular complexity index is 143. The van der Waals surface area contributed by atoms with Crippen LogP contribution in [0.4, 0.5) is 4.79 Å². The van der Waals surface area contributed by atoms with E-state index in [0.717, 1.165) is 12.8 Å². The van der Waals surface area contributed by atoms with Gasteiger partial charge >= 0.3 is 6.09 Å². The number of allylic oxidation sites excluding steroid dienone is 1. The standard InChI is InChI=1S/C8H15NO2/c1-3-4-5-6-7-9(2)8(10)11/h4-5H,3,6-7H2,1-2H3,(H,10,11). The highest BCUT2D eigenvalue weighted by atomic mass is 16.4. The predicted molar refractivity (Wildman–Crippen MR) is 44.7 cm³/mol. The number of nitrogens with zero attached hydrogens (tertiary/aromatic N) is 1. The second kappa shape index (κ2) is 5.77. The first-order chi connectivity index (χ1) is 5.18. The van der Waals surface area contributed by atoms with Crippen molar-refractivity contribution in [3.63, 3.8) is 0 Å². The average molecular weight is 157 g/mol. The molecule has 0 saturated heterocycles. The highest BCUT2D eigenvalue weighted by Gasteiger charge is 2.01. The summed E-state index contributed by atoms with van der Waals surface area (Å²) in [5.74, 6) is 0. The molecule has 64 valence electrons. The molecule has 0 aliphatic carbocycles. The van der Waals surface area contributed by atoms with Gasteiger partial charge in [-0.2, -0.15) is 0 Å². The number of carbonyl (C=O) groups is 1. The van der Waals surface area contributed by atoms with Crippen LogP contribution in [0.25, 0.3) is 0 Å². The minimum atomic E-state index is -0.866. The summed E-state index contributed by atoms with van der Waals surface area (Å²) in [6, 6.07) is 0. The number of rotatable bonds is 4. The topological polar surface area (TPSA) is 40.5 Å². The van der Waals surface area contributed by atoms with Crippen molar-refractivity contribution in [3.05, 3.63) is 12.2 Å². The Morgan fingerprint density at radius 2 is 2.18 bits per heavy atom. The highest BCUT2D eigenvalue weighted by Crippen LogP contribution is 1.90. The molecule has 0 aromatic rings. The summed E-state index contributed by atoms with van der Waals surface area (Å²) in [5.41, 5.74) is 0. The first kappa shape index (κ1) is 10.0. The Balaban J connectivity index is 3.38. The van der Waals surface area contributed by atoms with E-state index in [1.54, 1.807) is 7.05 Å². The van der Waals surface area contributed by atoms with Crippen molar-refractivity contribution in [1.82, 2.24) is 4.90 Å². The summed E-state index contributed by atoms with van der Waals surface area (Å²) in [5, 5.41) is 8.44.